The summed E-state index contributed by atoms with van der Waals surface area (Å²) in [5.41, 5.74) is 14.7. The fourth-order valence-corrected chi connectivity index (χ4v) is 8.45. The molecule has 0 saturated carbocycles. The third-order valence-corrected chi connectivity index (χ3v) is 11.2. The van der Waals surface area contributed by atoms with E-state index < -0.39 is 0 Å². The normalized spacial score (nSPS) is 11.4. The number of nitrogens with zero attached hydrogens (tertiary/aromatic N) is 3. The molecule has 0 saturated heterocycles. The van der Waals surface area contributed by atoms with Crippen LogP contribution in [0, 0.1) is 0 Å². The first kappa shape index (κ1) is 33.5. The Morgan fingerprint density at radius 1 is 0.310 bits per heavy atom. The van der Waals surface area contributed by atoms with Crippen LogP contribution in [0.15, 0.2) is 217 Å². The van der Waals surface area contributed by atoms with E-state index in [2.05, 4.69) is 197 Å². The Morgan fingerprint density at radius 2 is 0.793 bits per heavy atom. The first-order valence-electron chi connectivity index (χ1n) is 19.6. The molecule has 2 aromatic heterocycles. The Labute approximate surface area is 335 Å². The molecule has 0 radical (unpaired) electrons. The van der Waals surface area contributed by atoms with Gasteiger partial charge in [0.2, 0.25) is 11.8 Å². The Bertz CT molecular complexity index is 3260. The van der Waals surface area contributed by atoms with E-state index in [1.807, 2.05) is 30.3 Å². The highest BCUT2D eigenvalue weighted by molar-refractivity contribution is 6.11. The molecular formula is C54H35N3O. The lowest BCUT2D eigenvalue weighted by molar-refractivity contribution is 0.584. The summed E-state index contributed by atoms with van der Waals surface area (Å²) in [6.45, 7) is 0. The van der Waals surface area contributed by atoms with Gasteiger partial charge >= 0.3 is 0 Å². The lowest BCUT2D eigenvalue weighted by atomic mass is 9.89. The van der Waals surface area contributed by atoms with Gasteiger partial charge < -0.3 is 8.98 Å². The maximum atomic E-state index is 6.05. The van der Waals surface area contributed by atoms with Gasteiger partial charge in [-0.25, -0.2) is 0 Å². The topological polar surface area (TPSA) is 43.9 Å². The van der Waals surface area contributed by atoms with Crippen molar-refractivity contribution in [1.82, 2.24) is 14.8 Å². The largest absolute Gasteiger partial charge is 0.416 e. The zero-order valence-corrected chi connectivity index (χ0v) is 31.5. The van der Waals surface area contributed by atoms with E-state index in [0.29, 0.717) is 11.8 Å². The summed E-state index contributed by atoms with van der Waals surface area (Å²) in [4.78, 5) is 0. The summed E-state index contributed by atoms with van der Waals surface area (Å²) >= 11 is 0. The van der Waals surface area contributed by atoms with Crippen molar-refractivity contribution in [2.45, 2.75) is 0 Å². The average Bonchev–Trinajstić information content (AvgIpc) is 3.93. The Morgan fingerprint density at radius 3 is 1.53 bits per heavy atom. The third-order valence-electron chi connectivity index (χ3n) is 11.2. The molecule has 0 spiro atoms. The molecule has 58 heavy (non-hydrogen) atoms. The Balaban J connectivity index is 0.959. The molecule has 0 unspecified atom stereocenters. The first-order valence-corrected chi connectivity index (χ1v) is 19.6. The standard InChI is InChI=1S/C54H35N3O/c1-2-14-39(15-3-1)53-55-56-54(58-53)40-27-25-37(26-28-40)45-18-6-8-20-47(45)48-21-9-7-19-46(48)41-31-34-52-50(35-41)49-22-10-11-24-51(49)57(52)42-32-29-38(30-33-42)44-23-12-16-36-13-4-5-17-43(36)44/h1-35H. The lowest BCUT2D eigenvalue weighted by Gasteiger charge is -2.15. The summed E-state index contributed by atoms with van der Waals surface area (Å²) in [6.07, 6.45) is 0. The van der Waals surface area contributed by atoms with Crippen molar-refractivity contribution in [3.8, 4) is 73.1 Å². The molecule has 0 aliphatic carbocycles. The van der Waals surface area contributed by atoms with Crippen LogP contribution in [0.2, 0.25) is 0 Å². The Hall–Kier alpha value is -7.82. The van der Waals surface area contributed by atoms with Gasteiger partial charge in [0.15, 0.2) is 0 Å². The molecule has 0 bridgehead atoms. The second-order valence-electron chi connectivity index (χ2n) is 14.6. The number of benzene rings is 9. The molecule has 0 amide bonds. The van der Waals surface area contributed by atoms with Crippen molar-refractivity contribution in [3.63, 3.8) is 0 Å². The van der Waals surface area contributed by atoms with Crippen molar-refractivity contribution in [3.05, 3.63) is 212 Å². The fourth-order valence-electron chi connectivity index (χ4n) is 8.45. The van der Waals surface area contributed by atoms with Gasteiger partial charge in [-0.1, -0.05) is 158 Å². The van der Waals surface area contributed by atoms with Gasteiger partial charge in [0, 0.05) is 27.6 Å². The molecular weight excluding hydrogens is 707 g/mol. The number of para-hydroxylation sites is 1. The maximum Gasteiger partial charge on any atom is 0.248 e. The van der Waals surface area contributed by atoms with E-state index in [-0.39, 0.29) is 0 Å². The summed E-state index contributed by atoms with van der Waals surface area (Å²) in [5.74, 6) is 1.01. The second kappa shape index (κ2) is 14.0. The van der Waals surface area contributed by atoms with Crippen LogP contribution in [0.3, 0.4) is 0 Å². The summed E-state index contributed by atoms with van der Waals surface area (Å²) in [6, 6.07) is 75.4. The molecule has 11 rings (SSSR count). The number of rotatable bonds is 7. The molecule has 4 heteroatoms. The molecule has 0 N–H and O–H groups in total. The molecule has 0 aliphatic rings. The smallest absolute Gasteiger partial charge is 0.248 e. The number of hydrogen-bond acceptors (Lipinski definition) is 3. The zero-order chi connectivity index (χ0) is 38.4. The van der Waals surface area contributed by atoms with E-state index in [4.69, 9.17) is 4.42 Å². The molecule has 11 aromatic rings. The molecule has 0 atom stereocenters. The minimum atomic E-state index is 0.499. The number of aromatic nitrogens is 3. The van der Waals surface area contributed by atoms with Crippen LogP contribution in [0.4, 0.5) is 0 Å². The van der Waals surface area contributed by atoms with Gasteiger partial charge in [-0.05, 0) is 110 Å². The third kappa shape index (κ3) is 5.78. The summed E-state index contributed by atoms with van der Waals surface area (Å²) in [5, 5.41) is 13.6. The van der Waals surface area contributed by atoms with Crippen molar-refractivity contribution >= 4 is 32.6 Å². The second-order valence-corrected chi connectivity index (χ2v) is 14.6. The van der Waals surface area contributed by atoms with E-state index in [9.17, 15) is 0 Å². The predicted molar refractivity (Wildman–Crippen MR) is 239 cm³/mol. The van der Waals surface area contributed by atoms with E-state index in [1.54, 1.807) is 0 Å². The van der Waals surface area contributed by atoms with E-state index in [0.717, 1.165) is 27.9 Å². The summed E-state index contributed by atoms with van der Waals surface area (Å²) in [7, 11) is 0. The van der Waals surface area contributed by atoms with Crippen LogP contribution < -0.4 is 0 Å². The fraction of sp³-hybridized carbons (Fsp3) is 0. The molecule has 0 aliphatic heterocycles. The predicted octanol–water partition coefficient (Wildman–Crippen LogP) is 14.3. The van der Waals surface area contributed by atoms with Crippen LogP contribution in [0.25, 0.3) is 106 Å². The monoisotopic (exact) mass is 741 g/mol. The van der Waals surface area contributed by atoms with E-state index >= 15 is 0 Å². The Kier molecular flexibility index (Phi) is 8.11. The molecule has 9 aromatic carbocycles. The van der Waals surface area contributed by atoms with Crippen molar-refractivity contribution in [2.24, 2.45) is 0 Å². The van der Waals surface area contributed by atoms with Crippen LogP contribution in [0.1, 0.15) is 0 Å². The number of fused-ring (bicyclic) bond motifs is 4. The minimum Gasteiger partial charge on any atom is -0.416 e. The van der Waals surface area contributed by atoms with Gasteiger partial charge in [-0.3, -0.25) is 0 Å². The van der Waals surface area contributed by atoms with Crippen LogP contribution in [-0.4, -0.2) is 14.8 Å². The van der Waals surface area contributed by atoms with Crippen LogP contribution in [-0.2, 0) is 0 Å². The van der Waals surface area contributed by atoms with Gasteiger partial charge in [-0.15, -0.1) is 10.2 Å². The highest BCUT2D eigenvalue weighted by Gasteiger charge is 2.17. The lowest BCUT2D eigenvalue weighted by Crippen LogP contribution is -1.94. The molecule has 0 fully saturated rings. The van der Waals surface area contributed by atoms with Gasteiger partial charge in [0.1, 0.15) is 0 Å². The van der Waals surface area contributed by atoms with Crippen LogP contribution in [0.5, 0.6) is 0 Å². The molecule has 272 valence electrons. The van der Waals surface area contributed by atoms with E-state index in [1.165, 1.54) is 66.0 Å². The molecule has 2 heterocycles. The first-order chi connectivity index (χ1) is 28.8. The maximum absolute atomic E-state index is 6.05. The van der Waals surface area contributed by atoms with Gasteiger partial charge in [-0.2, -0.15) is 0 Å². The van der Waals surface area contributed by atoms with Crippen LogP contribution >= 0.6 is 0 Å². The van der Waals surface area contributed by atoms with Crippen molar-refractivity contribution < 1.29 is 4.42 Å². The molecule has 4 nitrogen and oxygen atoms in total. The minimum absolute atomic E-state index is 0.499. The number of hydrogen-bond donors (Lipinski definition) is 0. The van der Waals surface area contributed by atoms with Crippen molar-refractivity contribution in [2.75, 3.05) is 0 Å². The quantitative estimate of drug-likeness (QED) is 0.163. The highest BCUT2D eigenvalue weighted by atomic mass is 16.4. The van der Waals surface area contributed by atoms with Gasteiger partial charge in [0.05, 0.1) is 11.0 Å². The average molecular weight is 742 g/mol. The SMILES string of the molecule is c1ccc(-c2nnc(-c3ccc(-c4ccccc4-c4ccccc4-c4ccc5c(c4)c4ccccc4n5-c4ccc(-c5cccc6ccccc56)cc4)cc3)o2)cc1. The zero-order valence-electron chi connectivity index (χ0n) is 31.5. The highest BCUT2D eigenvalue weighted by Crippen LogP contribution is 2.41. The van der Waals surface area contributed by atoms with Crippen molar-refractivity contribution in [1.29, 1.82) is 0 Å². The summed E-state index contributed by atoms with van der Waals surface area (Å²) < 4.78 is 8.45. The van der Waals surface area contributed by atoms with Gasteiger partial charge in [0.25, 0.3) is 0 Å².